The summed E-state index contributed by atoms with van der Waals surface area (Å²) in [6.45, 7) is 10.8. The zero-order chi connectivity index (χ0) is 11.3. The highest BCUT2D eigenvalue weighted by molar-refractivity contribution is 4.89. The molecular formula is C13H28N2. The fourth-order valence-corrected chi connectivity index (χ4v) is 2.56. The second kappa shape index (κ2) is 5.86. The van der Waals surface area contributed by atoms with Crippen molar-refractivity contribution in [3.63, 3.8) is 0 Å². The predicted molar refractivity (Wildman–Crippen MR) is 67.2 cm³/mol. The maximum absolute atomic E-state index is 3.31. The fraction of sp³-hybridized carbons (Fsp3) is 1.00. The summed E-state index contributed by atoms with van der Waals surface area (Å²) in [7, 11) is 2.07. The Kier molecular flexibility index (Phi) is 5.07. The highest BCUT2D eigenvalue weighted by Gasteiger charge is 2.33. The van der Waals surface area contributed by atoms with E-state index >= 15 is 0 Å². The molecule has 1 saturated heterocycles. The molecule has 0 saturated carbocycles. The minimum Gasteiger partial charge on any atom is -0.319 e. The SMILES string of the molecule is CCCCN1CC(CNC)CCC1(C)C. The first kappa shape index (κ1) is 13.0. The van der Waals surface area contributed by atoms with Gasteiger partial charge in [0.15, 0.2) is 0 Å². The van der Waals surface area contributed by atoms with Gasteiger partial charge in [-0.2, -0.15) is 0 Å². The fourth-order valence-electron chi connectivity index (χ4n) is 2.56. The second-order valence-electron chi connectivity index (χ2n) is 5.57. The number of hydrogen-bond acceptors (Lipinski definition) is 2. The summed E-state index contributed by atoms with van der Waals surface area (Å²) in [4.78, 5) is 2.70. The summed E-state index contributed by atoms with van der Waals surface area (Å²) in [6, 6.07) is 0. The molecule has 2 heteroatoms. The lowest BCUT2D eigenvalue weighted by molar-refractivity contribution is 0.0446. The molecular weight excluding hydrogens is 184 g/mol. The van der Waals surface area contributed by atoms with Crippen molar-refractivity contribution in [3.05, 3.63) is 0 Å². The van der Waals surface area contributed by atoms with Crippen LogP contribution >= 0.6 is 0 Å². The molecule has 15 heavy (non-hydrogen) atoms. The molecule has 1 rings (SSSR count). The summed E-state index contributed by atoms with van der Waals surface area (Å²) in [5.74, 6) is 0.861. The zero-order valence-corrected chi connectivity index (χ0v) is 11.0. The summed E-state index contributed by atoms with van der Waals surface area (Å²) >= 11 is 0. The lowest BCUT2D eigenvalue weighted by Crippen LogP contribution is -2.52. The molecule has 0 radical (unpaired) electrons. The van der Waals surface area contributed by atoms with E-state index in [0.717, 1.165) is 5.92 Å². The third-order valence-corrected chi connectivity index (χ3v) is 3.77. The molecule has 1 fully saturated rings. The molecule has 1 aliphatic heterocycles. The van der Waals surface area contributed by atoms with Crippen molar-refractivity contribution in [3.8, 4) is 0 Å². The van der Waals surface area contributed by atoms with Crippen LogP contribution in [0.2, 0.25) is 0 Å². The van der Waals surface area contributed by atoms with Crippen LogP contribution in [0.1, 0.15) is 46.5 Å². The number of unbranched alkanes of at least 4 members (excludes halogenated alkanes) is 1. The predicted octanol–water partition coefficient (Wildman–Crippen LogP) is 2.50. The van der Waals surface area contributed by atoms with Crippen molar-refractivity contribution in [2.24, 2.45) is 5.92 Å². The smallest absolute Gasteiger partial charge is 0.0153 e. The molecule has 1 N–H and O–H groups in total. The number of nitrogens with zero attached hydrogens (tertiary/aromatic N) is 1. The van der Waals surface area contributed by atoms with Gasteiger partial charge in [-0.05, 0) is 59.2 Å². The molecule has 2 nitrogen and oxygen atoms in total. The van der Waals surface area contributed by atoms with Gasteiger partial charge in [-0.15, -0.1) is 0 Å². The molecule has 0 aromatic carbocycles. The van der Waals surface area contributed by atoms with Crippen LogP contribution in [0.4, 0.5) is 0 Å². The van der Waals surface area contributed by atoms with Crippen LogP contribution < -0.4 is 5.32 Å². The van der Waals surface area contributed by atoms with Crippen molar-refractivity contribution >= 4 is 0 Å². The Morgan fingerprint density at radius 1 is 1.40 bits per heavy atom. The van der Waals surface area contributed by atoms with Gasteiger partial charge in [0.1, 0.15) is 0 Å². The van der Waals surface area contributed by atoms with Crippen LogP contribution in [-0.2, 0) is 0 Å². The molecule has 0 bridgehead atoms. The van der Waals surface area contributed by atoms with Gasteiger partial charge < -0.3 is 5.32 Å². The molecule has 1 atom stereocenters. The first-order valence-corrected chi connectivity index (χ1v) is 6.50. The Balaban J connectivity index is 2.46. The number of piperidine rings is 1. The standard InChI is InChI=1S/C13H28N2/c1-5-6-9-15-11-12(10-14-4)7-8-13(15,2)3/h12,14H,5-11H2,1-4H3. The minimum absolute atomic E-state index is 0.430. The average Bonchev–Trinajstić information content (AvgIpc) is 2.19. The van der Waals surface area contributed by atoms with Crippen molar-refractivity contribution < 1.29 is 0 Å². The third-order valence-electron chi connectivity index (χ3n) is 3.77. The van der Waals surface area contributed by atoms with Gasteiger partial charge in [0.05, 0.1) is 0 Å². The minimum atomic E-state index is 0.430. The van der Waals surface area contributed by atoms with Crippen molar-refractivity contribution in [2.45, 2.75) is 52.0 Å². The van der Waals surface area contributed by atoms with Crippen LogP contribution in [-0.4, -0.2) is 37.1 Å². The molecule has 1 aliphatic rings. The van der Waals surface area contributed by atoms with E-state index in [4.69, 9.17) is 0 Å². The molecule has 0 amide bonds. The monoisotopic (exact) mass is 212 g/mol. The number of rotatable bonds is 5. The van der Waals surface area contributed by atoms with Gasteiger partial charge in [0.2, 0.25) is 0 Å². The van der Waals surface area contributed by atoms with Gasteiger partial charge in [-0.1, -0.05) is 13.3 Å². The second-order valence-corrected chi connectivity index (χ2v) is 5.57. The maximum Gasteiger partial charge on any atom is 0.0153 e. The summed E-state index contributed by atoms with van der Waals surface area (Å²) in [5.41, 5.74) is 0.430. The Hall–Kier alpha value is -0.0800. The van der Waals surface area contributed by atoms with Gasteiger partial charge in [0.25, 0.3) is 0 Å². The molecule has 1 heterocycles. The van der Waals surface area contributed by atoms with Crippen LogP contribution in [0.5, 0.6) is 0 Å². The van der Waals surface area contributed by atoms with E-state index in [-0.39, 0.29) is 0 Å². The van der Waals surface area contributed by atoms with Crippen LogP contribution in [0.25, 0.3) is 0 Å². The van der Waals surface area contributed by atoms with Gasteiger partial charge in [0, 0.05) is 12.1 Å². The van der Waals surface area contributed by atoms with Gasteiger partial charge in [-0.3, -0.25) is 4.90 Å². The van der Waals surface area contributed by atoms with E-state index in [0.29, 0.717) is 5.54 Å². The topological polar surface area (TPSA) is 15.3 Å². The van der Waals surface area contributed by atoms with Gasteiger partial charge in [-0.25, -0.2) is 0 Å². The van der Waals surface area contributed by atoms with Crippen molar-refractivity contribution in [1.29, 1.82) is 0 Å². The highest BCUT2D eigenvalue weighted by Crippen LogP contribution is 2.30. The van der Waals surface area contributed by atoms with Crippen LogP contribution in [0, 0.1) is 5.92 Å². The van der Waals surface area contributed by atoms with E-state index in [1.807, 2.05) is 0 Å². The molecule has 0 aromatic heterocycles. The Morgan fingerprint density at radius 2 is 2.13 bits per heavy atom. The van der Waals surface area contributed by atoms with E-state index < -0.39 is 0 Å². The first-order valence-electron chi connectivity index (χ1n) is 6.50. The maximum atomic E-state index is 3.31. The zero-order valence-electron chi connectivity index (χ0n) is 11.0. The van der Waals surface area contributed by atoms with E-state index in [9.17, 15) is 0 Å². The lowest BCUT2D eigenvalue weighted by atomic mass is 9.84. The summed E-state index contributed by atoms with van der Waals surface area (Å²) in [5, 5.41) is 3.31. The van der Waals surface area contributed by atoms with Crippen molar-refractivity contribution in [1.82, 2.24) is 10.2 Å². The molecule has 0 aliphatic carbocycles. The van der Waals surface area contributed by atoms with E-state index in [1.54, 1.807) is 0 Å². The van der Waals surface area contributed by atoms with E-state index in [1.165, 1.54) is 45.3 Å². The Labute approximate surface area is 95.4 Å². The molecule has 0 aromatic rings. The molecule has 0 spiro atoms. The highest BCUT2D eigenvalue weighted by atomic mass is 15.2. The quantitative estimate of drug-likeness (QED) is 0.753. The molecule has 90 valence electrons. The lowest BCUT2D eigenvalue weighted by Gasteiger charge is -2.45. The largest absolute Gasteiger partial charge is 0.319 e. The number of nitrogens with one attached hydrogen (secondary N) is 1. The van der Waals surface area contributed by atoms with E-state index in [2.05, 4.69) is 38.0 Å². The first-order chi connectivity index (χ1) is 7.10. The number of hydrogen-bond donors (Lipinski definition) is 1. The van der Waals surface area contributed by atoms with Crippen molar-refractivity contribution in [2.75, 3.05) is 26.7 Å². The third kappa shape index (κ3) is 3.76. The summed E-state index contributed by atoms with van der Waals surface area (Å²) < 4.78 is 0. The van der Waals surface area contributed by atoms with Crippen LogP contribution in [0.3, 0.4) is 0 Å². The normalized spacial score (nSPS) is 26.8. The summed E-state index contributed by atoms with van der Waals surface area (Å²) in [6.07, 6.45) is 5.39. The Morgan fingerprint density at radius 3 is 2.73 bits per heavy atom. The Bertz CT molecular complexity index is 177. The van der Waals surface area contributed by atoms with Gasteiger partial charge >= 0.3 is 0 Å². The van der Waals surface area contributed by atoms with Crippen LogP contribution in [0.15, 0.2) is 0 Å². The average molecular weight is 212 g/mol. The molecule has 1 unspecified atom stereocenters. The number of likely N-dealkylation sites (tertiary alicyclic amines) is 1.